The largest absolute Gasteiger partial charge is 0.454 e. The van der Waals surface area contributed by atoms with E-state index in [1.807, 2.05) is 6.08 Å². The van der Waals surface area contributed by atoms with Crippen LogP contribution in [-0.4, -0.2) is 99.6 Å². The van der Waals surface area contributed by atoms with E-state index in [4.69, 9.17) is 14.2 Å². The molecule has 1 amide bonds. The lowest BCUT2D eigenvalue weighted by Crippen LogP contribution is -2.61. The predicted octanol–water partition coefficient (Wildman–Crippen LogP) is 18.7. The van der Waals surface area contributed by atoms with Crippen LogP contribution in [0, 0.1) is 0 Å². The molecule has 0 saturated carbocycles. The van der Waals surface area contributed by atoms with Gasteiger partial charge in [-0.05, 0) is 83.5 Å². The van der Waals surface area contributed by atoms with Gasteiger partial charge in [-0.1, -0.05) is 307 Å². The summed E-state index contributed by atoms with van der Waals surface area (Å²) >= 11 is 0. The van der Waals surface area contributed by atoms with E-state index >= 15 is 0 Å². The molecule has 1 aliphatic heterocycles. The predicted molar refractivity (Wildman–Crippen MR) is 357 cm³/mol. The highest BCUT2D eigenvalue weighted by Gasteiger charge is 2.47. The number of nitrogens with one attached hydrogen (secondary N) is 1. The Morgan fingerprint density at radius 3 is 1.24 bits per heavy atom. The molecule has 0 aromatic heterocycles. The summed E-state index contributed by atoms with van der Waals surface area (Å²) in [6, 6.07) is -1.03. The van der Waals surface area contributed by atoms with Crippen molar-refractivity contribution < 1.29 is 49.3 Å². The number of carbonyl (C=O) groups excluding carboxylic acids is 2. The van der Waals surface area contributed by atoms with Gasteiger partial charge in [-0.25, -0.2) is 0 Å². The third-order valence-corrected chi connectivity index (χ3v) is 17.2. The van der Waals surface area contributed by atoms with E-state index in [2.05, 4.69) is 62.5 Å². The standard InChI is InChI=1S/C74H137NO10/c1-4-7-10-13-16-19-22-25-27-29-30-31-32-33-34-35-36-37-38-39-41-44-47-50-53-56-59-62-69(79)85-72-71(81)70(80)68(63-76)84-74(72)83-64-65(66(77)60-57-54-51-48-45-42-24-21-18-15-12-9-6-3)75-73(82)67(78)61-58-55-52-49-46-43-40-28-26-23-20-17-14-11-8-5-2/h16,19,25-28,57,60,65-68,70-72,74,76-78,80-81H,4-15,17-18,20-24,29-56,58-59,61-64H2,1-3H3,(H,75,82)/b19-16-,27-25-,28-26+,60-57+. The summed E-state index contributed by atoms with van der Waals surface area (Å²) in [5, 5.41) is 57.2. The average molecular weight is 1200 g/mol. The minimum atomic E-state index is -1.61. The Morgan fingerprint density at radius 1 is 0.459 bits per heavy atom. The maximum Gasteiger partial charge on any atom is 0.306 e. The van der Waals surface area contributed by atoms with Crippen molar-refractivity contribution in [3.8, 4) is 0 Å². The van der Waals surface area contributed by atoms with Crippen molar-refractivity contribution in [3.05, 3.63) is 48.6 Å². The van der Waals surface area contributed by atoms with Crippen molar-refractivity contribution >= 4 is 11.9 Å². The highest BCUT2D eigenvalue weighted by Crippen LogP contribution is 2.26. The Morgan fingerprint density at radius 2 is 0.812 bits per heavy atom. The maximum atomic E-state index is 13.5. The van der Waals surface area contributed by atoms with Gasteiger partial charge in [0.2, 0.25) is 5.91 Å². The summed E-state index contributed by atoms with van der Waals surface area (Å²) in [6.45, 7) is 5.81. The zero-order valence-electron chi connectivity index (χ0n) is 55.5. The molecule has 1 aliphatic rings. The molecule has 1 saturated heterocycles. The molecule has 6 N–H and O–H groups in total. The van der Waals surface area contributed by atoms with Gasteiger partial charge >= 0.3 is 5.97 Å². The maximum absolute atomic E-state index is 13.5. The Hall–Kier alpha value is -2.38. The van der Waals surface area contributed by atoms with E-state index in [1.165, 1.54) is 225 Å². The molecule has 498 valence electrons. The van der Waals surface area contributed by atoms with Gasteiger partial charge in [0.15, 0.2) is 12.4 Å². The normalized spacial score (nSPS) is 18.6. The first-order chi connectivity index (χ1) is 41.7. The molecule has 0 aromatic rings. The summed E-state index contributed by atoms with van der Waals surface area (Å²) in [4.78, 5) is 26.7. The lowest BCUT2D eigenvalue weighted by molar-refractivity contribution is -0.305. The van der Waals surface area contributed by atoms with Crippen LogP contribution in [0.15, 0.2) is 48.6 Å². The molecule has 11 nitrogen and oxygen atoms in total. The molecular weight excluding hydrogens is 1060 g/mol. The highest BCUT2D eigenvalue weighted by atomic mass is 16.7. The smallest absolute Gasteiger partial charge is 0.306 e. The Bertz CT molecular complexity index is 1570. The van der Waals surface area contributed by atoms with Crippen molar-refractivity contribution in [3.63, 3.8) is 0 Å². The molecule has 11 heteroatoms. The van der Waals surface area contributed by atoms with Crippen molar-refractivity contribution in [1.82, 2.24) is 5.32 Å². The molecule has 8 unspecified atom stereocenters. The second-order valence-electron chi connectivity index (χ2n) is 25.3. The number of aliphatic hydroxyl groups is 5. The topological polar surface area (TPSA) is 175 Å². The van der Waals surface area contributed by atoms with Gasteiger partial charge in [-0.2, -0.15) is 0 Å². The molecule has 85 heavy (non-hydrogen) atoms. The van der Waals surface area contributed by atoms with E-state index in [9.17, 15) is 35.1 Å². The van der Waals surface area contributed by atoms with Crippen LogP contribution >= 0.6 is 0 Å². The Balaban J connectivity index is 2.53. The second kappa shape index (κ2) is 61.8. The second-order valence-corrected chi connectivity index (χ2v) is 25.3. The number of rotatable bonds is 63. The third kappa shape index (κ3) is 49.1. The van der Waals surface area contributed by atoms with Crippen LogP contribution < -0.4 is 5.32 Å². The summed E-state index contributed by atoms with van der Waals surface area (Å²) in [5.41, 5.74) is 0. The molecule has 0 radical (unpaired) electrons. The zero-order chi connectivity index (χ0) is 61.7. The van der Waals surface area contributed by atoms with E-state index in [-0.39, 0.29) is 19.4 Å². The van der Waals surface area contributed by atoms with Crippen molar-refractivity contribution in [2.75, 3.05) is 13.2 Å². The Labute approximate surface area is 523 Å². The number of carbonyl (C=O) groups is 2. The van der Waals surface area contributed by atoms with Crippen LogP contribution in [0.2, 0.25) is 0 Å². The third-order valence-electron chi connectivity index (χ3n) is 17.2. The molecule has 1 heterocycles. The van der Waals surface area contributed by atoms with Gasteiger partial charge in [0.05, 0.1) is 25.4 Å². The molecule has 0 bridgehead atoms. The molecule has 1 fully saturated rings. The molecule has 1 rings (SSSR count). The number of unbranched alkanes of at least 4 members (excludes halogenated alkanes) is 43. The monoisotopic (exact) mass is 1200 g/mol. The summed E-state index contributed by atoms with van der Waals surface area (Å²) < 4.78 is 17.7. The number of allylic oxidation sites excluding steroid dienone is 7. The van der Waals surface area contributed by atoms with Gasteiger partial charge in [0, 0.05) is 6.42 Å². The van der Waals surface area contributed by atoms with Gasteiger partial charge in [-0.15, -0.1) is 0 Å². The van der Waals surface area contributed by atoms with Crippen molar-refractivity contribution in [2.45, 2.75) is 397 Å². The fraction of sp³-hybridized carbons (Fsp3) is 0.865. The summed E-state index contributed by atoms with van der Waals surface area (Å²) in [6.07, 6.45) is 67.3. The first-order valence-corrected chi connectivity index (χ1v) is 36.4. The van der Waals surface area contributed by atoms with Crippen LogP contribution in [0.5, 0.6) is 0 Å². The minimum absolute atomic E-state index is 0.126. The minimum Gasteiger partial charge on any atom is -0.454 e. The van der Waals surface area contributed by atoms with E-state index in [1.54, 1.807) is 6.08 Å². The molecule has 0 spiro atoms. The number of hydrogen-bond acceptors (Lipinski definition) is 10. The van der Waals surface area contributed by atoms with E-state index in [0.717, 1.165) is 77.0 Å². The van der Waals surface area contributed by atoms with Crippen LogP contribution in [-0.2, 0) is 23.8 Å². The van der Waals surface area contributed by atoms with Crippen molar-refractivity contribution in [1.29, 1.82) is 0 Å². The molecule has 8 atom stereocenters. The number of hydrogen-bond donors (Lipinski definition) is 6. The van der Waals surface area contributed by atoms with Crippen LogP contribution in [0.25, 0.3) is 0 Å². The highest BCUT2D eigenvalue weighted by molar-refractivity contribution is 5.80. The van der Waals surface area contributed by atoms with Crippen molar-refractivity contribution in [2.24, 2.45) is 0 Å². The first kappa shape index (κ1) is 80.6. The van der Waals surface area contributed by atoms with Gasteiger partial charge in [-0.3, -0.25) is 9.59 Å². The Kier molecular flexibility index (Phi) is 58.7. The number of aliphatic hydroxyl groups excluding tert-OH is 5. The van der Waals surface area contributed by atoms with Crippen LogP contribution in [0.1, 0.15) is 348 Å². The SMILES string of the molecule is CCCCC/C=C\C/C=C\CCCCCCCCCCCCCCCCCCCC(=O)OC1C(OCC(NC(=O)C(O)CCCCCCCC/C=C/CCCCCCCC)C(O)/C=C/CCCCCCCCCCCCC)OC(CO)C(O)C1O. The first-order valence-electron chi connectivity index (χ1n) is 36.4. The van der Waals surface area contributed by atoms with Gasteiger partial charge in [0.1, 0.15) is 24.4 Å². The van der Waals surface area contributed by atoms with Gasteiger partial charge < -0.3 is 45.1 Å². The van der Waals surface area contributed by atoms with Crippen LogP contribution in [0.4, 0.5) is 0 Å². The molecule has 0 aromatic carbocycles. The van der Waals surface area contributed by atoms with E-state index < -0.39 is 67.4 Å². The molecule has 0 aliphatic carbocycles. The van der Waals surface area contributed by atoms with E-state index in [0.29, 0.717) is 12.8 Å². The average Bonchev–Trinajstić information content (AvgIpc) is 2.50. The fourth-order valence-corrected chi connectivity index (χ4v) is 11.4. The number of esters is 1. The number of amides is 1. The molecular formula is C74H137NO10. The quantitative estimate of drug-likeness (QED) is 0.0195. The van der Waals surface area contributed by atoms with Gasteiger partial charge in [0.25, 0.3) is 0 Å². The lowest BCUT2D eigenvalue weighted by Gasteiger charge is -2.41. The lowest BCUT2D eigenvalue weighted by atomic mass is 9.99. The van der Waals surface area contributed by atoms with Crippen LogP contribution in [0.3, 0.4) is 0 Å². The summed E-state index contributed by atoms with van der Waals surface area (Å²) in [7, 11) is 0. The summed E-state index contributed by atoms with van der Waals surface area (Å²) in [5.74, 6) is -1.19. The zero-order valence-corrected chi connectivity index (χ0v) is 55.5. The number of ether oxygens (including phenoxy) is 3. The fourth-order valence-electron chi connectivity index (χ4n) is 11.4.